The molecular weight excluding hydrogens is 510 g/mol. The van der Waals surface area contributed by atoms with Gasteiger partial charge in [-0.2, -0.15) is 0 Å². The molecule has 37 heavy (non-hydrogen) atoms. The number of aryl methyl sites for hydroxylation is 3. The second kappa shape index (κ2) is 11.2. The lowest BCUT2D eigenvalue weighted by molar-refractivity contribution is 0.0948. The Hall–Kier alpha value is -3.61. The summed E-state index contributed by atoms with van der Waals surface area (Å²) in [5.74, 6) is 0.0399. The fourth-order valence-electron chi connectivity index (χ4n) is 3.64. The number of carbonyl (C=O) groups is 1. The average molecular weight is 538 g/mol. The van der Waals surface area contributed by atoms with Gasteiger partial charge in [0.15, 0.2) is 10.9 Å². The molecule has 0 aliphatic heterocycles. The van der Waals surface area contributed by atoms with E-state index in [1.807, 2.05) is 51.1 Å². The summed E-state index contributed by atoms with van der Waals surface area (Å²) in [6.07, 6.45) is 0.503. The molecule has 4 rings (SSSR count). The van der Waals surface area contributed by atoms with Crippen molar-refractivity contribution in [3.8, 4) is 5.69 Å². The third kappa shape index (κ3) is 6.79. The molecule has 2 heterocycles. The summed E-state index contributed by atoms with van der Waals surface area (Å²) in [4.78, 5) is 22.1. The number of primary sulfonamides is 1. The monoisotopic (exact) mass is 537 g/mol. The van der Waals surface area contributed by atoms with Crippen molar-refractivity contribution >= 4 is 27.7 Å². The van der Waals surface area contributed by atoms with E-state index < -0.39 is 10.0 Å². The Kier molecular flexibility index (Phi) is 8.00. The molecule has 0 saturated heterocycles. The first-order valence-electron chi connectivity index (χ1n) is 11.5. The van der Waals surface area contributed by atoms with Crippen molar-refractivity contribution in [2.75, 3.05) is 6.54 Å². The van der Waals surface area contributed by atoms with E-state index >= 15 is 0 Å². The molecule has 0 aliphatic rings. The van der Waals surface area contributed by atoms with Crippen molar-refractivity contribution in [1.82, 2.24) is 30.3 Å². The highest BCUT2D eigenvalue weighted by molar-refractivity contribution is 7.98. The predicted octanol–water partition coefficient (Wildman–Crippen LogP) is 2.89. The number of hydrogen-bond acceptors (Lipinski definition) is 8. The van der Waals surface area contributed by atoms with E-state index in [2.05, 4.69) is 25.6 Å². The standard InChI is InChI=1S/C25H27N7O3S2/c1-16-4-8-20(9-5-16)32-22(15-36-25-28-17(2)14-18(3)29-25)23(30-31-32)24(33)27-13-12-19-6-10-21(11-7-19)37(26,34)35/h4-11,14H,12-13,15H2,1-3H3,(H,27,33)(H2,26,34,35). The highest BCUT2D eigenvalue weighted by Gasteiger charge is 2.21. The number of sulfonamides is 1. The molecule has 0 unspecified atom stereocenters. The van der Waals surface area contributed by atoms with Crippen molar-refractivity contribution in [2.24, 2.45) is 5.14 Å². The summed E-state index contributed by atoms with van der Waals surface area (Å²) < 4.78 is 24.5. The molecule has 3 N–H and O–H groups in total. The number of nitrogens with two attached hydrogens (primary N) is 1. The maximum absolute atomic E-state index is 13.1. The molecule has 0 aliphatic carbocycles. The molecule has 0 atom stereocenters. The summed E-state index contributed by atoms with van der Waals surface area (Å²) in [6, 6.07) is 16.0. The molecule has 12 heteroatoms. The predicted molar refractivity (Wildman–Crippen MR) is 141 cm³/mol. The highest BCUT2D eigenvalue weighted by Crippen LogP contribution is 2.24. The van der Waals surface area contributed by atoms with Crippen LogP contribution in [0.15, 0.2) is 64.6 Å². The van der Waals surface area contributed by atoms with Crippen LogP contribution in [0, 0.1) is 20.8 Å². The van der Waals surface area contributed by atoms with Gasteiger partial charge >= 0.3 is 0 Å². The Morgan fingerprint density at radius 1 is 1.00 bits per heavy atom. The van der Waals surface area contributed by atoms with E-state index in [-0.39, 0.29) is 16.5 Å². The Balaban J connectivity index is 1.51. The van der Waals surface area contributed by atoms with Gasteiger partial charge in [-0.3, -0.25) is 4.79 Å². The number of carbonyl (C=O) groups excluding carboxylic acids is 1. The molecule has 0 saturated carbocycles. The second-order valence-electron chi connectivity index (χ2n) is 8.55. The van der Waals surface area contributed by atoms with Crippen LogP contribution in [-0.4, -0.2) is 45.8 Å². The van der Waals surface area contributed by atoms with E-state index in [1.165, 1.54) is 23.9 Å². The number of amides is 1. The minimum Gasteiger partial charge on any atom is -0.350 e. The topological polar surface area (TPSA) is 146 Å². The van der Waals surface area contributed by atoms with Crippen LogP contribution in [0.25, 0.3) is 5.69 Å². The van der Waals surface area contributed by atoms with Crippen molar-refractivity contribution < 1.29 is 13.2 Å². The minimum atomic E-state index is -3.75. The van der Waals surface area contributed by atoms with Gasteiger partial charge in [0, 0.05) is 23.7 Å². The largest absolute Gasteiger partial charge is 0.350 e. The number of benzene rings is 2. The lowest BCUT2D eigenvalue weighted by Gasteiger charge is -2.09. The summed E-state index contributed by atoms with van der Waals surface area (Å²) >= 11 is 1.41. The Morgan fingerprint density at radius 3 is 2.27 bits per heavy atom. The molecule has 0 radical (unpaired) electrons. The molecular formula is C25H27N7O3S2. The molecule has 0 spiro atoms. The lowest BCUT2D eigenvalue weighted by Crippen LogP contribution is -2.27. The number of rotatable bonds is 9. The highest BCUT2D eigenvalue weighted by atomic mass is 32.2. The normalized spacial score (nSPS) is 11.5. The zero-order valence-corrected chi connectivity index (χ0v) is 22.3. The Morgan fingerprint density at radius 2 is 1.65 bits per heavy atom. The quantitative estimate of drug-likeness (QED) is 0.245. The maximum Gasteiger partial charge on any atom is 0.273 e. The maximum atomic E-state index is 13.1. The fraction of sp³-hybridized carbons (Fsp3) is 0.240. The third-order valence-corrected chi connectivity index (χ3v) is 7.30. The number of nitrogens with one attached hydrogen (secondary N) is 1. The molecule has 10 nitrogen and oxygen atoms in total. The van der Waals surface area contributed by atoms with E-state index in [4.69, 9.17) is 5.14 Å². The van der Waals surface area contributed by atoms with Gasteiger partial charge in [0.1, 0.15) is 0 Å². The fourth-order valence-corrected chi connectivity index (χ4v) is 5.10. The van der Waals surface area contributed by atoms with Crippen LogP contribution in [0.4, 0.5) is 0 Å². The van der Waals surface area contributed by atoms with Gasteiger partial charge in [0.25, 0.3) is 5.91 Å². The molecule has 2 aromatic heterocycles. The zero-order chi connectivity index (χ0) is 26.6. The smallest absolute Gasteiger partial charge is 0.273 e. The molecule has 0 bridgehead atoms. The molecule has 4 aromatic rings. The van der Waals surface area contributed by atoms with Gasteiger partial charge in [-0.15, -0.1) is 5.10 Å². The van der Waals surface area contributed by atoms with Gasteiger partial charge in [-0.25, -0.2) is 28.2 Å². The summed E-state index contributed by atoms with van der Waals surface area (Å²) in [6.45, 7) is 6.16. The summed E-state index contributed by atoms with van der Waals surface area (Å²) in [5.41, 5.74) is 5.36. The number of thioether (sulfide) groups is 1. The number of aromatic nitrogens is 5. The third-order valence-electron chi connectivity index (χ3n) is 5.51. The number of hydrogen-bond donors (Lipinski definition) is 2. The van der Waals surface area contributed by atoms with Crippen molar-refractivity contribution in [2.45, 2.75) is 43.0 Å². The lowest BCUT2D eigenvalue weighted by atomic mass is 10.1. The zero-order valence-electron chi connectivity index (χ0n) is 20.7. The van der Waals surface area contributed by atoms with Crippen LogP contribution in [0.2, 0.25) is 0 Å². The van der Waals surface area contributed by atoms with Gasteiger partial charge in [-0.05, 0) is 63.1 Å². The van der Waals surface area contributed by atoms with Crippen molar-refractivity contribution in [1.29, 1.82) is 0 Å². The molecule has 2 aromatic carbocycles. The SMILES string of the molecule is Cc1ccc(-n2nnc(C(=O)NCCc3ccc(S(N)(=O)=O)cc3)c2CSc2nc(C)cc(C)n2)cc1. The first-order valence-corrected chi connectivity index (χ1v) is 14.0. The first kappa shape index (κ1) is 26.5. The van der Waals surface area contributed by atoms with Crippen LogP contribution in [0.5, 0.6) is 0 Å². The average Bonchev–Trinajstić information content (AvgIpc) is 3.26. The van der Waals surface area contributed by atoms with Gasteiger partial charge in [-0.1, -0.05) is 46.8 Å². The Bertz CT molecular complexity index is 1500. The van der Waals surface area contributed by atoms with Crippen LogP contribution >= 0.6 is 11.8 Å². The molecule has 0 fully saturated rings. The van der Waals surface area contributed by atoms with E-state index in [9.17, 15) is 13.2 Å². The second-order valence-corrected chi connectivity index (χ2v) is 11.1. The van der Waals surface area contributed by atoms with E-state index in [1.54, 1.807) is 16.8 Å². The van der Waals surface area contributed by atoms with Gasteiger partial charge in [0.05, 0.1) is 16.3 Å². The Labute approximate surface area is 219 Å². The summed E-state index contributed by atoms with van der Waals surface area (Å²) in [7, 11) is -3.75. The van der Waals surface area contributed by atoms with Gasteiger partial charge in [0.2, 0.25) is 10.0 Å². The van der Waals surface area contributed by atoms with Crippen molar-refractivity contribution in [3.63, 3.8) is 0 Å². The first-order chi connectivity index (χ1) is 17.6. The van der Waals surface area contributed by atoms with Crippen molar-refractivity contribution in [3.05, 3.63) is 88.5 Å². The van der Waals surface area contributed by atoms with Crippen LogP contribution in [0.1, 0.15) is 38.7 Å². The molecule has 1 amide bonds. The van der Waals surface area contributed by atoms with Crippen LogP contribution in [-0.2, 0) is 22.2 Å². The minimum absolute atomic E-state index is 0.0444. The summed E-state index contributed by atoms with van der Waals surface area (Å²) in [5, 5.41) is 17.1. The van der Waals surface area contributed by atoms with Crippen LogP contribution in [0.3, 0.4) is 0 Å². The molecule has 192 valence electrons. The van der Waals surface area contributed by atoms with E-state index in [0.717, 1.165) is 28.2 Å². The van der Waals surface area contributed by atoms with Crippen LogP contribution < -0.4 is 10.5 Å². The van der Waals surface area contributed by atoms with E-state index in [0.29, 0.717) is 29.6 Å². The van der Waals surface area contributed by atoms with Gasteiger partial charge < -0.3 is 5.32 Å². The number of nitrogens with zero attached hydrogens (tertiary/aromatic N) is 5.